The maximum Gasteiger partial charge on any atom is 0.208 e. The Kier molecular flexibility index (Phi) is 5.39. The third-order valence-corrected chi connectivity index (χ3v) is 5.08. The molecule has 0 aliphatic rings. The molecule has 1 atom stereocenters. The standard InChI is InChI=1S/C14H20N4S2/c1-4-11(15)9-10-5-7-12(8-6-10)19-14-17-16-13(20-14)18(2)3/h5-8,11H,4,9,15H2,1-3H3. The summed E-state index contributed by atoms with van der Waals surface area (Å²) in [6.45, 7) is 2.12. The Morgan fingerprint density at radius 1 is 1.25 bits per heavy atom. The minimum Gasteiger partial charge on any atom is -0.353 e. The van der Waals surface area contributed by atoms with Crippen molar-refractivity contribution < 1.29 is 0 Å². The zero-order valence-corrected chi connectivity index (χ0v) is 13.7. The fourth-order valence-corrected chi connectivity index (χ4v) is 3.40. The summed E-state index contributed by atoms with van der Waals surface area (Å²) < 4.78 is 0.965. The Labute approximate surface area is 128 Å². The maximum absolute atomic E-state index is 5.97. The van der Waals surface area contributed by atoms with Crippen molar-refractivity contribution in [1.82, 2.24) is 10.2 Å². The van der Waals surface area contributed by atoms with E-state index in [1.165, 1.54) is 10.5 Å². The highest BCUT2D eigenvalue weighted by molar-refractivity contribution is 8.01. The van der Waals surface area contributed by atoms with Gasteiger partial charge in [-0.05, 0) is 30.5 Å². The number of aromatic nitrogens is 2. The van der Waals surface area contributed by atoms with Crippen LogP contribution in [0.4, 0.5) is 5.13 Å². The second-order valence-corrected chi connectivity index (χ2v) is 7.14. The zero-order chi connectivity index (χ0) is 14.5. The van der Waals surface area contributed by atoms with Crippen molar-refractivity contribution in [3.63, 3.8) is 0 Å². The predicted octanol–water partition coefficient (Wildman–Crippen LogP) is 3.04. The molecule has 0 amide bonds. The zero-order valence-electron chi connectivity index (χ0n) is 12.0. The molecule has 0 aliphatic heterocycles. The first-order chi connectivity index (χ1) is 9.58. The average Bonchev–Trinajstić information content (AvgIpc) is 2.89. The van der Waals surface area contributed by atoms with Crippen LogP contribution in [-0.2, 0) is 6.42 Å². The SMILES string of the molecule is CCC(N)Cc1ccc(Sc2nnc(N(C)C)s2)cc1. The van der Waals surface area contributed by atoms with Crippen molar-refractivity contribution >= 4 is 28.2 Å². The Hall–Kier alpha value is -1.11. The van der Waals surface area contributed by atoms with Crippen molar-refractivity contribution in [2.75, 3.05) is 19.0 Å². The lowest BCUT2D eigenvalue weighted by atomic mass is 10.1. The van der Waals surface area contributed by atoms with Crippen molar-refractivity contribution in [2.24, 2.45) is 5.73 Å². The summed E-state index contributed by atoms with van der Waals surface area (Å²) >= 11 is 3.25. The molecule has 4 nitrogen and oxygen atoms in total. The molecule has 1 aromatic carbocycles. The van der Waals surface area contributed by atoms with Gasteiger partial charge in [0.25, 0.3) is 0 Å². The molecule has 0 saturated carbocycles. The topological polar surface area (TPSA) is 55.0 Å². The second-order valence-electron chi connectivity index (χ2n) is 4.86. The molecule has 2 rings (SSSR count). The van der Waals surface area contributed by atoms with E-state index in [1.54, 1.807) is 23.1 Å². The highest BCUT2D eigenvalue weighted by atomic mass is 32.2. The van der Waals surface area contributed by atoms with Gasteiger partial charge in [-0.2, -0.15) is 0 Å². The molecule has 1 unspecified atom stereocenters. The number of nitrogens with zero attached hydrogens (tertiary/aromatic N) is 3. The highest BCUT2D eigenvalue weighted by Crippen LogP contribution is 2.32. The molecule has 0 saturated heterocycles. The van der Waals surface area contributed by atoms with Crippen LogP contribution in [0.1, 0.15) is 18.9 Å². The van der Waals surface area contributed by atoms with Crippen molar-refractivity contribution in [1.29, 1.82) is 0 Å². The normalized spacial score (nSPS) is 12.4. The number of hydrogen-bond donors (Lipinski definition) is 1. The highest BCUT2D eigenvalue weighted by Gasteiger charge is 2.08. The van der Waals surface area contributed by atoms with Crippen LogP contribution in [0.25, 0.3) is 0 Å². The van der Waals surface area contributed by atoms with E-state index in [0.717, 1.165) is 22.3 Å². The van der Waals surface area contributed by atoms with Gasteiger partial charge in [-0.3, -0.25) is 0 Å². The summed E-state index contributed by atoms with van der Waals surface area (Å²) in [7, 11) is 3.95. The molecule has 0 fully saturated rings. The number of nitrogens with two attached hydrogens (primary N) is 1. The van der Waals surface area contributed by atoms with E-state index in [1.807, 2.05) is 19.0 Å². The Bertz CT molecular complexity index is 536. The van der Waals surface area contributed by atoms with Gasteiger partial charge in [-0.15, -0.1) is 10.2 Å². The summed E-state index contributed by atoms with van der Waals surface area (Å²) in [5, 5.41) is 9.25. The Balaban J connectivity index is 1.99. The maximum atomic E-state index is 5.97. The molecule has 0 bridgehead atoms. The largest absolute Gasteiger partial charge is 0.353 e. The van der Waals surface area contributed by atoms with Gasteiger partial charge < -0.3 is 10.6 Å². The van der Waals surface area contributed by atoms with Gasteiger partial charge in [0.15, 0.2) is 4.34 Å². The van der Waals surface area contributed by atoms with Crippen molar-refractivity contribution in [3.05, 3.63) is 29.8 Å². The molecule has 108 valence electrons. The molecule has 20 heavy (non-hydrogen) atoms. The average molecular weight is 308 g/mol. The third kappa shape index (κ3) is 4.19. The van der Waals surface area contributed by atoms with Gasteiger partial charge in [0.1, 0.15) is 0 Å². The van der Waals surface area contributed by atoms with Gasteiger partial charge in [-0.25, -0.2) is 0 Å². The third-order valence-electron chi connectivity index (χ3n) is 2.93. The molecule has 2 N–H and O–H groups in total. The van der Waals surface area contributed by atoms with Crippen LogP contribution in [0.2, 0.25) is 0 Å². The first kappa shape index (κ1) is 15.3. The lowest BCUT2D eigenvalue weighted by molar-refractivity contribution is 0.646. The molecular formula is C14H20N4S2. The first-order valence-electron chi connectivity index (χ1n) is 6.61. The first-order valence-corrected chi connectivity index (χ1v) is 8.25. The molecule has 0 radical (unpaired) electrons. The molecule has 6 heteroatoms. The minimum absolute atomic E-state index is 0.249. The van der Waals surface area contributed by atoms with Gasteiger partial charge in [0.2, 0.25) is 5.13 Å². The molecule has 2 aromatic rings. The van der Waals surface area contributed by atoms with Crippen LogP contribution in [0.15, 0.2) is 33.5 Å². The number of benzene rings is 1. The smallest absolute Gasteiger partial charge is 0.208 e. The van der Waals surface area contributed by atoms with E-state index in [2.05, 4.69) is 41.4 Å². The quantitative estimate of drug-likeness (QED) is 0.889. The van der Waals surface area contributed by atoms with Crippen LogP contribution in [0.3, 0.4) is 0 Å². The molecule has 0 aliphatic carbocycles. The van der Waals surface area contributed by atoms with Crippen LogP contribution >= 0.6 is 23.1 Å². The van der Waals surface area contributed by atoms with Crippen LogP contribution in [-0.4, -0.2) is 30.3 Å². The summed E-state index contributed by atoms with van der Waals surface area (Å²) in [6, 6.07) is 8.79. The summed E-state index contributed by atoms with van der Waals surface area (Å²) in [4.78, 5) is 3.15. The predicted molar refractivity (Wildman–Crippen MR) is 86.8 cm³/mol. The number of rotatable bonds is 6. The summed E-state index contributed by atoms with van der Waals surface area (Å²) in [5.41, 5.74) is 7.26. The van der Waals surface area contributed by atoms with Crippen LogP contribution < -0.4 is 10.6 Å². The monoisotopic (exact) mass is 308 g/mol. The van der Waals surface area contributed by atoms with Gasteiger partial charge >= 0.3 is 0 Å². The van der Waals surface area contributed by atoms with E-state index < -0.39 is 0 Å². The van der Waals surface area contributed by atoms with Crippen molar-refractivity contribution in [3.8, 4) is 0 Å². The van der Waals surface area contributed by atoms with E-state index in [-0.39, 0.29) is 6.04 Å². The van der Waals surface area contributed by atoms with E-state index in [9.17, 15) is 0 Å². The molecule has 1 aromatic heterocycles. The summed E-state index contributed by atoms with van der Waals surface area (Å²) in [6.07, 6.45) is 1.94. The second kappa shape index (κ2) is 7.06. The fraction of sp³-hybridized carbons (Fsp3) is 0.429. The Morgan fingerprint density at radius 3 is 2.50 bits per heavy atom. The molecule has 1 heterocycles. The molecular weight excluding hydrogens is 288 g/mol. The van der Waals surface area contributed by atoms with Gasteiger partial charge in [0.05, 0.1) is 0 Å². The minimum atomic E-state index is 0.249. The number of anilines is 1. The van der Waals surface area contributed by atoms with E-state index >= 15 is 0 Å². The summed E-state index contributed by atoms with van der Waals surface area (Å²) in [5.74, 6) is 0. The van der Waals surface area contributed by atoms with Crippen molar-refractivity contribution in [2.45, 2.75) is 35.0 Å². The van der Waals surface area contributed by atoms with Gasteiger partial charge in [-0.1, -0.05) is 42.2 Å². The van der Waals surface area contributed by atoms with E-state index in [0.29, 0.717) is 0 Å². The lowest BCUT2D eigenvalue weighted by Crippen LogP contribution is -2.21. The molecule has 0 spiro atoms. The number of hydrogen-bond acceptors (Lipinski definition) is 6. The fourth-order valence-electron chi connectivity index (χ4n) is 1.67. The van der Waals surface area contributed by atoms with Gasteiger partial charge in [0, 0.05) is 25.0 Å². The Morgan fingerprint density at radius 2 is 1.95 bits per heavy atom. The van der Waals surface area contributed by atoms with E-state index in [4.69, 9.17) is 5.73 Å². The van der Waals surface area contributed by atoms with Crippen LogP contribution in [0.5, 0.6) is 0 Å². The van der Waals surface area contributed by atoms with Crippen LogP contribution in [0, 0.1) is 0 Å². The lowest BCUT2D eigenvalue weighted by Gasteiger charge is -2.08.